The van der Waals surface area contributed by atoms with E-state index in [-0.39, 0.29) is 11.9 Å². The van der Waals surface area contributed by atoms with E-state index >= 15 is 0 Å². The Morgan fingerprint density at radius 1 is 0.862 bits per heavy atom. The van der Waals surface area contributed by atoms with Crippen LogP contribution in [0.25, 0.3) is 5.57 Å². The van der Waals surface area contributed by atoms with E-state index in [2.05, 4.69) is 63.2 Å². The van der Waals surface area contributed by atoms with Gasteiger partial charge in [-0.3, -0.25) is 4.79 Å². The van der Waals surface area contributed by atoms with Gasteiger partial charge in [0.15, 0.2) is 0 Å². The van der Waals surface area contributed by atoms with Crippen molar-refractivity contribution in [3.63, 3.8) is 0 Å². The first kappa shape index (κ1) is 20.6. The van der Waals surface area contributed by atoms with Crippen molar-refractivity contribution in [2.24, 2.45) is 0 Å². The molecule has 0 aliphatic carbocycles. The predicted octanol–water partition coefficient (Wildman–Crippen LogP) is 6.39. The third kappa shape index (κ3) is 5.03. The first-order valence-electron chi connectivity index (χ1n) is 9.97. The fourth-order valence-electron chi connectivity index (χ4n) is 4.08. The first-order valence-corrected chi connectivity index (χ1v) is 9.97. The minimum absolute atomic E-state index is 0.0709. The molecule has 0 heterocycles. The lowest BCUT2D eigenvalue weighted by molar-refractivity contribution is -0.140. The van der Waals surface area contributed by atoms with Crippen LogP contribution in [-0.2, 0) is 9.53 Å². The van der Waals surface area contributed by atoms with E-state index in [0.717, 1.165) is 16.7 Å². The summed E-state index contributed by atoms with van der Waals surface area (Å²) in [5.41, 5.74) is 8.23. The summed E-state index contributed by atoms with van der Waals surface area (Å²) < 4.78 is 5.03. The van der Waals surface area contributed by atoms with Gasteiger partial charge in [0.1, 0.15) is 0 Å². The summed E-state index contributed by atoms with van der Waals surface area (Å²) in [6.07, 6.45) is 2.54. The SMILES string of the molecule is COC(=O)CC(C=C(c1ccccc1)c1ccccc1)c1c(C)cc(C)cc1C. The molecule has 3 aromatic rings. The van der Waals surface area contributed by atoms with Crippen LogP contribution in [0.1, 0.15) is 45.7 Å². The van der Waals surface area contributed by atoms with Crippen molar-refractivity contribution in [1.29, 1.82) is 0 Å². The van der Waals surface area contributed by atoms with Crippen molar-refractivity contribution in [2.45, 2.75) is 33.1 Å². The zero-order valence-electron chi connectivity index (χ0n) is 17.6. The van der Waals surface area contributed by atoms with Crippen molar-refractivity contribution in [3.05, 3.63) is 112 Å². The molecule has 29 heavy (non-hydrogen) atoms. The van der Waals surface area contributed by atoms with Gasteiger partial charge in [-0.2, -0.15) is 0 Å². The lowest BCUT2D eigenvalue weighted by Gasteiger charge is -2.21. The van der Waals surface area contributed by atoms with Crippen LogP contribution in [0.2, 0.25) is 0 Å². The molecule has 3 rings (SSSR count). The van der Waals surface area contributed by atoms with Crippen molar-refractivity contribution < 1.29 is 9.53 Å². The minimum Gasteiger partial charge on any atom is -0.469 e. The van der Waals surface area contributed by atoms with Crippen molar-refractivity contribution >= 4 is 11.5 Å². The summed E-state index contributed by atoms with van der Waals surface area (Å²) in [6, 6.07) is 25.0. The van der Waals surface area contributed by atoms with Gasteiger partial charge in [0.2, 0.25) is 0 Å². The summed E-state index contributed by atoms with van der Waals surface area (Å²) >= 11 is 0. The summed E-state index contributed by atoms with van der Waals surface area (Å²) in [5, 5.41) is 0. The van der Waals surface area contributed by atoms with Crippen LogP contribution >= 0.6 is 0 Å². The van der Waals surface area contributed by atoms with Crippen molar-refractivity contribution in [1.82, 2.24) is 0 Å². The molecule has 0 aliphatic rings. The average molecular weight is 385 g/mol. The maximum Gasteiger partial charge on any atom is 0.306 e. The van der Waals surface area contributed by atoms with Gasteiger partial charge in [0, 0.05) is 5.92 Å². The van der Waals surface area contributed by atoms with Gasteiger partial charge in [-0.05, 0) is 54.2 Å². The highest BCUT2D eigenvalue weighted by Crippen LogP contribution is 2.34. The number of hydrogen-bond donors (Lipinski definition) is 0. The second kappa shape index (κ2) is 9.38. The van der Waals surface area contributed by atoms with E-state index in [1.54, 1.807) is 0 Å². The van der Waals surface area contributed by atoms with Gasteiger partial charge in [-0.1, -0.05) is 84.4 Å². The van der Waals surface area contributed by atoms with Crippen LogP contribution in [0.15, 0.2) is 78.9 Å². The van der Waals surface area contributed by atoms with Gasteiger partial charge in [-0.15, -0.1) is 0 Å². The highest BCUT2D eigenvalue weighted by Gasteiger charge is 2.20. The Hall–Kier alpha value is -3.13. The fraction of sp³-hybridized carbons (Fsp3) is 0.222. The van der Waals surface area contributed by atoms with Crippen LogP contribution in [0.3, 0.4) is 0 Å². The number of methoxy groups -OCH3 is 1. The number of rotatable bonds is 6. The van der Waals surface area contributed by atoms with E-state index < -0.39 is 0 Å². The normalized spacial score (nSPS) is 11.6. The van der Waals surface area contributed by atoms with E-state index in [4.69, 9.17) is 4.74 Å². The molecule has 1 atom stereocenters. The third-order valence-corrected chi connectivity index (χ3v) is 5.26. The predicted molar refractivity (Wildman–Crippen MR) is 120 cm³/mol. The summed E-state index contributed by atoms with van der Waals surface area (Å²) in [5.74, 6) is -0.274. The zero-order valence-corrected chi connectivity index (χ0v) is 17.6. The highest BCUT2D eigenvalue weighted by molar-refractivity contribution is 5.81. The number of aryl methyl sites for hydroxylation is 3. The molecule has 0 fully saturated rings. The fourth-order valence-corrected chi connectivity index (χ4v) is 4.08. The lowest BCUT2D eigenvalue weighted by Crippen LogP contribution is -2.10. The molecule has 2 heteroatoms. The van der Waals surface area contributed by atoms with Gasteiger partial charge >= 0.3 is 5.97 Å². The van der Waals surface area contributed by atoms with Gasteiger partial charge in [0.05, 0.1) is 13.5 Å². The molecule has 0 N–H and O–H groups in total. The molecule has 1 unspecified atom stereocenters. The van der Waals surface area contributed by atoms with Crippen molar-refractivity contribution in [3.8, 4) is 0 Å². The number of ether oxygens (including phenoxy) is 1. The summed E-state index contributed by atoms with van der Waals surface area (Å²) in [6.45, 7) is 6.35. The van der Waals surface area contributed by atoms with E-state index in [1.807, 2.05) is 36.4 Å². The lowest BCUT2D eigenvalue weighted by atomic mass is 9.84. The van der Waals surface area contributed by atoms with Crippen LogP contribution in [0, 0.1) is 20.8 Å². The summed E-state index contributed by atoms with van der Waals surface area (Å²) in [7, 11) is 1.45. The minimum atomic E-state index is -0.203. The van der Waals surface area contributed by atoms with Gasteiger partial charge < -0.3 is 4.74 Å². The number of allylic oxidation sites excluding steroid dienone is 1. The van der Waals surface area contributed by atoms with Crippen molar-refractivity contribution in [2.75, 3.05) is 7.11 Å². The van der Waals surface area contributed by atoms with Crippen LogP contribution < -0.4 is 0 Å². The highest BCUT2D eigenvalue weighted by atomic mass is 16.5. The molecular formula is C27H28O2. The maximum atomic E-state index is 12.3. The second-order valence-electron chi connectivity index (χ2n) is 7.51. The molecule has 0 spiro atoms. The molecular weight excluding hydrogens is 356 g/mol. The standard InChI is InChI=1S/C27H28O2/c1-19-15-20(2)27(21(3)16-19)24(18-26(28)29-4)17-25(22-11-7-5-8-12-22)23-13-9-6-10-14-23/h5-17,24H,18H2,1-4H3. The quantitative estimate of drug-likeness (QED) is 0.460. The Morgan fingerprint density at radius 3 is 1.79 bits per heavy atom. The molecule has 0 saturated heterocycles. The Balaban J connectivity index is 2.20. The monoisotopic (exact) mass is 384 g/mol. The van der Waals surface area contributed by atoms with Crippen LogP contribution in [-0.4, -0.2) is 13.1 Å². The van der Waals surface area contributed by atoms with E-state index in [1.165, 1.54) is 29.4 Å². The van der Waals surface area contributed by atoms with Crippen LogP contribution in [0.4, 0.5) is 0 Å². The Labute approximate surface area is 173 Å². The van der Waals surface area contributed by atoms with Gasteiger partial charge in [-0.25, -0.2) is 0 Å². The smallest absolute Gasteiger partial charge is 0.306 e. The third-order valence-electron chi connectivity index (χ3n) is 5.26. The molecule has 3 aromatic carbocycles. The number of carbonyl (C=O) groups excluding carboxylic acids is 1. The Kier molecular flexibility index (Phi) is 6.66. The van der Waals surface area contributed by atoms with Crippen LogP contribution in [0.5, 0.6) is 0 Å². The number of esters is 1. The molecule has 0 bridgehead atoms. The average Bonchev–Trinajstić information content (AvgIpc) is 2.72. The molecule has 2 nitrogen and oxygen atoms in total. The van der Waals surface area contributed by atoms with E-state index in [0.29, 0.717) is 6.42 Å². The molecule has 0 amide bonds. The molecule has 0 saturated carbocycles. The van der Waals surface area contributed by atoms with E-state index in [9.17, 15) is 4.79 Å². The maximum absolute atomic E-state index is 12.3. The molecule has 0 radical (unpaired) electrons. The Bertz CT molecular complexity index is 937. The number of benzene rings is 3. The largest absolute Gasteiger partial charge is 0.469 e. The number of hydrogen-bond acceptors (Lipinski definition) is 2. The molecule has 0 aliphatic heterocycles. The zero-order chi connectivity index (χ0) is 20.8. The first-order chi connectivity index (χ1) is 14.0. The topological polar surface area (TPSA) is 26.3 Å². The summed E-state index contributed by atoms with van der Waals surface area (Å²) in [4.78, 5) is 12.3. The molecule has 148 valence electrons. The second-order valence-corrected chi connectivity index (χ2v) is 7.51. The molecule has 0 aromatic heterocycles. The Morgan fingerprint density at radius 2 is 1.34 bits per heavy atom. The number of carbonyl (C=O) groups is 1. The van der Waals surface area contributed by atoms with Gasteiger partial charge in [0.25, 0.3) is 0 Å².